The van der Waals surface area contributed by atoms with Gasteiger partial charge in [-0.3, -0.25) is 9.78 Å². The van der Waals surface area contributed by atoms with E-state index in [1.807, 2.05) is 12.0 Å². The van der Waals surface area contributed by atoms with E-state index in [9.17, 15) is 18.0 Å². The molecule has 1 fully saturated rings. The summed E-state index contributed by atoms with van der Waals surface area (Å²) in [5.41, 5.74) is -1.60. The first-order valence-corrected chi connectivity index (χ1v) is 8.36. The van der Waals surface area contributed by atoms with Crippen LogP contribution in [0.15, 0.2) is 20.7 Å². The van der Waals surface area contributed by atoms with Crippen molar-refractivity contribution in [1.82, 2.24) is 19.6 Å². The summed E-state index contributed by atoms with van der Waals surface area (Å²) in [6.07, 6.45) is 3.54. The molecule has 1 aromatic rings. The van der Waals surface area contributed by atoms with E-state index in [2.05, 4.69) is 10.3 Å². The maximum Gasteiger partial charge on any atom is 0.325 e. The van der Waals surface area contributed by atoms with E-state index in [1.165, 1.54) is 4.31 Å². The molecule has 0 unspecified atom stereocenters. The second-order valence-electron chi connectivity index (χ2n) is 5.18. The standard InChI is InChI=1S/C12H20N4O4S/c1-13-5-2-9-3-6-16(7-4-9)21(19,20)10-8-14-12(18)15-11(10)17/h8-9,13H,2-7H2,1H3,(H2,14,15,17,18). The number of H-pyrrole nitrogens is 2. The second-order valence-corrected chi connectivity index (χ2v) is 7.08. The normalized spacial score (nSPS) is 18.0. The summed E-state index contributed by atoms with van der Waals surface area (Å²) in [6.45, 7) is 1.71. The molecule has 0 radical (unpaired) electrons. The van der Waals surface area contributed by atoms with Crippen molar-refractivity contribution in [2.24, 2.45) is 5.92 Å². The summed E-state index contributed by atoms with van der Waals surface area (Å²) in [6, 6.07) is 0. The number of sulfonamides is 1. The highest BCUT2D eigenvalue weighted by Gasteiger charge is 2.31. The van der Waals surface area contributed by atoms with E-state index >= 15 is 0 Å². The third kappa shape index (κ3) is 3.60. The molecule has 3 N–H and O–H groups in total. The minimum atomic E-state index is -3.85. The zero-order valence-electron chi connectivity index (χ0n) is 11.9. The molecular weight excluding hydrogens is 296 g/mol. The Kier molecular flexibility index (Phi) is 4.96. The molecule has 1 aliphatic rings. The third-order valence-electron chi connectivity index (χ3n) is 3.78. The smallest absolute Gasteiger partial charge is 0.320 e. The molecule has 0 amide bonds. The monoisotopic (exact) mass is 316 g/mol. The lowest BCUT2D eigenvalue weighted by Gasteiger charge is -2.30. The highest BCUT2D eigenvalue weighted by Crippen LogP contribution is 2.23. The molecule has 1 saturated heterocycles. The van der Waals surface area contributed by atoms with E-state index in [0.29, 0.717) is 19.0 Å². The van der Waals surface area contributed by atoms with Crippen LogP contribution in [-0.2, 0) is 10.0 Å². The summed E-state index contributed by atoms with van der Waals surface area (Å²) >= 11 is 0. The first-order chi connectivity index (χ1) is 9.95. The molecule has 118 valence electrons. The second kappa shape index (κ2) is 6.54. The van der Waals surface area contributed by atoms with Gasteiger partial charge in [0.05, 0.1) is 0 Å². The van der Waals surface area contributed by atoms with E-state index < -0.39 is 26.2 Å². The maximum absolute atomic E-state index is 12.4. The molecule has 2 heterocycles. The van der Waals surface area contributed by atoms with Gasteiger partial charge in [0.1, 0.15) is 0 Å². The number of rotatable bonds is 5. The van der Waals surface area contributed by atoms with Crippen LogP contribution in [0.4, 0.5) is 0 Å². The molecule has 2 rings (SSSR count). The van der Waals surface area contributed by atoms with Gasteiger partial charge in [-0.1, -0.05) is 0 Å². The van der Waals surface area contributed by atoms with Crippen LogP contribution in [0.3, 0.4) is 0 Å². The summed E-state index contributed by atoms with van der Waals surface area (Å²) in [4.78, 5) is 26.3. The number of piperidine rings is 1. The quantitative estimate of drug-likeness (QED) is 0.649. The van der Waals surface area contributed by atoms with Crippen LogP contribution >= 0.6 is 0 Å². The molecule has 0 aromatic carbocycles. The van der Waals surface area contributed by atoms with Crippen LogP contribution in [0, 0.1) is 5.92 Å². The van der Waals surface area contributed by atoms with Crippen LogP contribution in [0.1, 0.15) is 19.3 Å². The SMILES string of the molecule is CNCCC1CCN(S(=O)(=O)c2c[nH]c(=O)[nH]c2=O)CC1. The van der Waals surface area contributed by atoms with Crippen LogP contribution in [0.5, 0.6) is 0 Å². The molecule has 8 nitrogen and oxygen atoms in total. The minimum absolute atomic E-state index is 0.398. The molecule has 21 heavy (non-hydrogen) atoms. The average Bonchev–Trinajstić information content (AvgIpc) is 2.45. The number of nitrogens with one attached hydrogen (secondary N) is 3. The van der Waals surface area contributed by atoms with Crippen molar-refractivity contribution in [2.45, 2.75) is 24.2 Å². The Hall–Kier alpha value is -1.45. The van der Waals surface area contributed by atoms with Crippen LogP contribution < -0.4 is 16.6 Å². The highest BCUT2D eigenvalue weighted by molar-refractivity contribution is 7.89. The van der Waals surface area contributed by atoms with Crippen molar-refractivity contribution in [3.05, 3.63) is 27.0 Å². The lowest BCUT2D eigenvalue weighted by atomic mass is 9.95. The fraction of sp³-hybridized carbons (Fsp3) is 0.667. The van der Waals surface area contributed by atoms with Crippen LogP contribution in [-0.4, -0.2) is 49.4 Å². The number of hydrogen-bond donors (Lipinski definition) is 3. The zero-order chi connectivity index (χ0) is 15.5. The Morgan fingerprint density at radius 1 is 1.33 bits per heavy atom. The van der Waals surface area contributed by atoms with Gasteiger partial charge in [0, 0.05) is 19.3 Å². The number of nitrogens with zero attached hydrogens (tertiary/aromatic N) is 1. The topological polar surface area (TPSA) is 115 Å². The van der Waals surface area contributed by atoms with Crippen LogP contribution in [0.25, 0.3) is 0 Å². The molecule has 0 aliphatic carbocycles. The lowest BCUT2D eigenvalue weighted by molar-refractivity contribution is 0.263. The van der Waals surface area contributed by atoms with Crippen molar-refractivity contribution < 1.29 is 8.42 Å². The van der Waals surface area contributed by atoms with Gasteiger partial charge >= 0.3 is 5.69 Å². The van der Waals surface area contributed by atoms with Gasteiger partial charge in [0.25, 0.3) is 5.56 Å². The lowest BCUT2D eigenvalue weighted by Crippen LogP contribution is -2.41. The molecule has 1 aromatic heterocycles. The van der Waals surface area contributed by atoms with E-state index in [4.69, 9.17) is 0 Å². The van der Waals surface area contributed by atoms with Crippen molar-refractivity contribution in [1.29, 1.82) is 0 Å². The van der Waals surface area contributed by atoms with Gasteiger partial charge in [-0.2, -0.15) is 4.31 Å². The van der Waals surface area contributed by atoms with Crippen LogP contribution in [0.2, 0.25) is 0 Å². The fourth-order valence-corrected chi connectivity index (χ4v) is 3.98. The van der Waals surface area contributed by atoms with Crippen molar-refractivity contribution in [2.75, 3.05) is 26.7 Å². The maximum atomic E-state index is 12.4. The Labute approximate surface area is 122 Å². The summed E-state index contributed by atoms with van der Waals surface area (Å²) in [5, 5.41) is 3.08. The Balaban J connectivity index is 2.11. The first-order valence-electron chi connectivity index (χ1n) is 6.92. The number of aromatic nitrogens is 2. The molecule has 9 heteroatoms. The van der Waals surface area contributed by atoms with E-state index in [-0.39, 0.29) is 0 Å². The molecule has 0 atom stereocenters. The summed E-state index contributed by atoms with van der Waals surface area (Å²) in [5.74, 6) is 0.498. The van der Waals surface area contributed by atoms with Gasteiger partial charge in [0.15, 0.2) is 4.90 Å². The molecular formula is C12H20N4O4S. The predicted molar refractivity (Wildman–Crippen MR) is 77.7 cm³/mol. The molecule has 0 spiro atoms. The van der Waals surface area contributed by atoms with Crippen molar-refractivity contribution >= 4 is 10.0 Å². The fourth-order valence-electron chi connectivity index (χ4n) is 2.51. The van der Waals surface area contributed by atoms with Crippen molar-refractivity contribution in [3.63, 3.8) is 0 Å². The van der Waals surface area contributed by atoms with E-state index in [1.54, 1.807) is 0 Å². The molecule has 0 saturated carbocycles. The van der Waals surface area contributed by atoms with Gasteiger partial charge in [-0.25, -0.2) is 13.2 Å². The predicted octanol–water partition coefficient (Wildman–Crippen LogP) is -0.927. The zero-order valence-corrected chi connectivity index (χ0v) is 12.7. The van der Waals surface area contributed by atoms with Crippen molar-refractivity contribution in [3.8, 4) is 0 Å². The highest BCUT2D eigenvalue weighted by atomic mass is 32.2. The largest absolute Gasteiger partial charge is 0.325 e. The van der Waals surface area contributed by atoms with Gasteiger partial charge in [-0.15, -0.1) is 0 Å². The first kappa shape index (κ1) is 15.9. The van der Waals surface area contributed by atoms with E-state index in [0.717, 1.165) is 32.0 Å². The average molecular weight is 316 g/mol. The van der Waals surface area contributed by atoms with Gasteiger partial charge in [-0.05, 0) is 38.8 Å². The van der Waals surface area contributed by atoms with Gasteiger partial charge in [0.2, 0.25) is 10.0 Å². The minimum Gasteiger partial charge on any atom is -0.320 e. The Bertz CT molecular complexity index is 686. The summed E-state index contributed by atoms with van der Waals surface area (Å²) < 4.78 is 26.1. The third-order valence-corrected chi connectivity index (χ3v) is 5.68. The van der Waals surface area contributed by atoms with Gasteiger partial charge < -0.3 is 10.3 Å². The molecule has 0 bridgehead atoms. The Morgan fingerprint density at radius 2 is 2.00 bits per heavy atom. The number of hydrogen-bond acceptors (Lipinski definition) is 5. The summed E-state index contributed by atoms with van der Waals surface area (Å²) in [7, 11) is -1.96. The molecule has 1 aliphatic heterocycles. The number of aromatic amines is 2. The Morgan fingerprint density at radius 3 is 2.57 bits per heavy atom.